The summed E-state index contributed by atoms with van der Waals surface area (Å²) in [7, 11) is 0. The number of hydrogen-bond donors (Lipinski definition) is 2. The molecule has 0 aliphatic heterocycles. The first-order chi connectivity index (χ1) is 9.74. The van der Waals surface area contributed by atoms with Crippen LogP contribution in [0.25, 0.3) is 0 Å². The van der Waals surface area contributed by atoms with Crippen LogP contribution in [-0.4, -0.2) is 28.9 Å². The van der Waals surface area contributed by atoms with Gasteiger partial charge in [0, 0.05) is 6.20 Å². The lowest BCUT2D eigenvalue weighted by Crippen LogP contribution is -2.09. The second kappa shape index (κ2) is 6.89. The minimum atomic E-state index is -1.00. The molecule has 1 aromatic carbocycles. The Morgan fingerprint density at radius 1 is 1.30 bits per heavy atom. The molecule has 0 amide bonds. The van der Waals surface area contributed by atoms with E-state index in [1.807, 2.05) is 12.1 Å². The highest BCUT2D eigenvalue weighted by molar-refractivity contribution is 5.80. The molecule has 0 radical (unpaired) electrons. The van der Waals surface area contributed by atoms with Crippen LogP contribution in [0.15, 0.2) is 53.8 Å². The van der Waals surface area contributed by atoms with Crippen molar-refractivity contribution < 1.29 is 14.6 Å². The molecule has 2 aromatic rings. The Morgan fingerprint density at radius 3 is 2.75 bits per heavy atom. The van der Waals surface area contributed by atoms with Crippen molar-refractivity contribution in [2.45, 2.75) is 0 Å². The molecule has 102 valence electrons. The quantitative estimate of drug-likeness (QED) is 0.620. The van der Waals surface area contributed by atoms with Crippen LogP contribution in [0.2, 0.25) is 0 Å². The second-order valence-electron chi connectivity index (χ2n) is 3.84. The second-order valence-corrected chi connectivity index (χ2v) is 3.84. The van der Waals surface area contributed by atoms with E-state index in [4.69, 9.17) is 9.84 Å². The molecule has 0 bridgehead atoms. The number of benzene rings is 1. The van der Waals surface area contributed by atoms with Crippen LogP contribution in [-0.2, 0) is 4.79 Å². The van der Waals surface area contributed by atoms with E-state index in [1.54, 1.807) is 42.7 Å². The topological polar surface area (TPSA) is 83.8 Å². The molecule has 6 heteroatoms. The number of pyridine rings is 1. The molecular weight excluding hydrogens is 258 g/mol. The van der Waals surface area contributed by atoms with Crippen LogP contribution in [0.1, 0.15) is 5.56 Å². The van der Waals surface area contributed by atoms with Crippen LogP contribution in [0, 0.1) is 0 Å². The van der Waals surface area contributed by atoms with Crippen molar-refractivity contribution >= 4 is 18.0 Å². The summed E-state index contributed by atoms with van der Waals surface area (Å²) in [6.45, 7) is -0.353. The average Bonchev–Trinajstić information content (AvgIpc) is 2.47. The third-order valence-corrected chi connectivity index (χ3v) is 2.30. The number of rotatable bonds is 6. The summed E-state index contributed by atoms with van der Waals surface area (Å²) < 4.78 is 5.03. The Kier molecular flexibility index (Phi) is 4.66. The van der Waals surface area contributed by atoms with Gasteiger partial charge in [0.2, 0.25) is 0 Å². The number of hydrazone groups is 1. The van der Waals surface area contributed by atoms with Crippen molar-refractivity contribution in [3.05, 3.63) is 54.2 Å². The van der Waals surface area contributed by atoms with E-state index >= 15 is 0 Å². The molecule has 0 aliphatic rings. The summed E-state index contributed by atoms with van der Waals surface area (Å²) in [6.07, 6.45) is 3.31. The van der Waals surface area contributed by atoms with Crippen molar-refractivity contribution in [1.82, 2.24) is 4.98 Å². The predicted molar refractivity (Wildman–Crippen MR) is 75.0 cm³/mol. The van der Waals surface area contributed by atoms with Gasteiger partial charge < -0.3 is 9.84 Å². The first-order valence-electron chi connectivity index (χ1n) is 5.89. The van der Waals surface area contributed by atoms with Crippen LogP contribution < -0.4 is 10.2 Å². The number of aromatic nitrogens is 1. The van der Waals surface area contributed by atoms with Gasteiger partial charge in [-0.25, -0.2) is 9.78 Å². The van der Waals surface area contributed by atoms with Gasteiger partial charge in [-0.2, -0.15) is 5.10 Å². The molecule has 0 saturated carbocycles. The van der Waals surface area contributed by atoms with Crippen molar-refractivity contribution in [2.24, 2.45) is 5.10 Å². The van der Waals surface area contributed by atoms with Gasteiger partial charge in [0.1, 0.15) is 11.6 Å². The SMILES string of the molecule is O=C(O)COc1ccc(/C=N/Nc2ccccn2)cc1. The molecule has 6 nitrogen and oxygen atoms in total. The minimum Gasteiger partial charge on any atom is -0.482 e. The smallest absolute Gasteiger partial charge is 0.341 e. The standard InChI is InChI=1S/C14H13N3O3/c18-14(19)10-20-12-6-4-11(5-7-12)9-16-17-13-3-1-2-8-15-13/h1-9H,10H2,(H,15,17)(H,18,19)/b16-9+. The van der Waals surface area contributed by atoms with Gasteiger partial charge in [0.15, 0.2) is 6.61 Å². The number of carbonyl (C=O) groups is 1. The number of nitrogens with zero attached hydrogens (tertiary/aromatic N) is 2. The summed E-state index contributed by atoms with van der Waals surface area (Å²) in [5.74, 6) is 0.155. The molecule has 0 fully saturated rings. The monoisotopic (exact) mass is 271 g/mol. The summed E-state index contributed by atoms with van der Waals surface area (Å²) in [4.78, 5) is 14.4. The summed E-state index contributed by atoms with van der Waals surface area (Å²) in [6, 6.07) is 12.4. The van der Waals surface area contributed by atoms with E-state index in [2.05, 4.69) is 15.5 Å². The largest absolute Gasteiger partial charge is 0.482 e. The Labute approximate surface area is 115 Å². The highest BCUT2D eigenvalue weighted by Gasteiger charge is 1.98. The molecule has 20 heavy (non-hydrogen) atoms. The fourth-order valence-corrected chi connectivity index (χ4v) is 1.40. The van der Waals surface area contributed by atoms with E-state index in [9.17, 15) is 4.79 Å². The van der Waals surface area contributed by atoms with Gasteiger partial charge in [-0.3, -0.25) is 5.43 Å². The van der Waals surface area contributed by atoms with Gasteiger partial charge in [-0.05, 0) is 42.0 Å². The van der Waals surface area contributed by atoms with E-state index in [1.165, 1.54) is 0 Å². The molecule has 0 aliphatic carbocycles. The summed E-state index contributed by atoms with van der Waals surface area (Å²) in [5, 5.41) is 12.5. The van der Waals surface area contributed by atoms with Gasteiger partial charge in [-0.15, -0.1) is 0 Å². The molecular formula is C14H13N3O3. The molecule has 0 unspecified atom stereocenters. The van der Waals surface area contributed by atoms with Gasteiger partial charge in [-0.1, -0.05) is 6.07 Å². The minimum absolute atomic E-state index is 0.353. The van der Waals surface area contributed by atoms with E-state index < -0.39 is 5.97 Å². The van der Waals surface area contributed by atoms with Crippen LogP contribution >= 0.6 is 0 Å². The van der Waals surface area contributed by atoms with Crippen molar-refractivity contribution in [1.29, 1.82) is 0 Å². The Morgan fingerprint density at radius 2 is 2.10 bits per heavy atom. The maximum atomic E-state index is 10.4. The zero-order chi connectivity index (χ0) is 14.2. The van der Waals surface area contributed by atoms with Gasteiger partial charge in [0.05, 0.1) is 6.21 Å². The average molecular weight is 271 g/mol. The first-order valence-corrected chi connectivity index (χ1v) is 5.89. The number of ether oxygens (including phenoxy) is 1. The molecule has 2 N–H and O–H groups in total. The number of anilines is 1. The Balaban J connectivity index is 1.88. The third-order valence-electron chi connectivity index (χ3n) is 2.30. The van der Waals surface area contributed by atoms with Gasteiger partial charge >= 0.3 is 5.97 Å². The maximum absolute atomic E-state index is 10.4. The van der Waals surface area contributed by atoms with E-state index in [0.717, 1.165) is 5.56 Å². The molecule has 2 rings (SSSR count). The van der Waals surface area contributed by atoms with E-state index in [-0.39, 0.29) is 6.61 Å². The third kappa shape index (κ3) is 4.41. The molecule has 0 spiro atoms. The fourth-order valence-electron chi connectivity index (χ4n) is 1.40. The number of aliphatic carboxylic acids is 1. The van der Waals surface area contributed by atoms with Crippen LogP contribution in [0.3, 0.4) is 0 Å². The number of hydrogen-bond acceptors (Lipinski definition) is 5. The number of nitrogens with one attached hydrogen (secondary N) is 1. The van der Waals surface area contributed by atoms with Crippen LogP contribution in [0.5, 0.6) is 5.75 Å². The maximum Gasteiger partial charge on any atom is 0.341 e. The predicted octanol–water partition coefficient (Wildman–Crippen LogP) is 1.99. The normalized spacial score (nSPS) is 10.4. The highest BCUT2D eigenvalue weighted by atomic mass is 16.5. The molecule has 1 heterocycles. The van der Waals surface area contributed by atoms with Crippen molar-refractivity contribution in [3.63, 3.8) is 0 Å². The summed E-state index contributed by atoms with van der Waals surface area (Å²) in [5.41, 5.74) is 3.65. The molecule has 0 atom stereocenters. The van der Waals surface area contributed by atoms with Crippen molar-refractivity contribution in [3.8, 4) is 5.75 Å². The molecule has 1 aromatic heterocycles. The Bertz CT molecular complexity index is 582. The van der Waals surface area contributed by atoms with E-state index in [0.29, 0.717) is 11.6 Å². The fraction of sp³-hybridized carbons (Fsp3) is 0.0714. The lowest BCUT2D eigenvalue weighted by Gasteiger charge is -2.02. The zero-order valence-corrected chi connectivity index (χ0v) is 10.6. The van der Waals surface area contributed by atoms with Crippen LogP contribution in [0.4, 0.5) is 5.82 Å². The lowest BCUT2D eigenvalue weighted by atomic mass is 10.2. The van der Waals surface area contributed by atoms with Crippen molar-refractivity contribution in [2.75, 3.05) is 12.0 Å². The number of carboxylic acids is 1. The highest BCUT2D eigenvalue weighted by Crippen LogP contribution is 2.11. The summed E-state index contributed by atoms with van der Waals surface area (Å²) >= 11 is 0. The Hall–Kier alpha value is -2.89. The molecule has 0 saturated heterocycles. The zero-order valence-electron chi connectivity index (χ0n) is 10.6. The number of carboxylic acid groups (broad SMARTS) is 1. The first kappa shape index (κ1) is 13.5. The lowest BCUT2D eigenvalue weighted by molar-refractivity contribution is -0.139. The van der Waals surface area contributed by atoms with Gasteiger partial charge in [0.25, 0.3) is 0 Å².